The molecule has 84 valence electrons. The smallest absolute Gasteiger partial charge is 0.356 e. The van der Waals surface area contributed by atoms with Crippen LogP contribution in [-0.2, 0) is 17.4 Å². The van der Waals surface area contributed by atoms with Gasteiger partial charge in [0.05, 0.1) is 0 Å². The maximum absolute atomic E-state index is 12.1. The first-order valence-electron chi connectivity index (χ1n) is 4.25. The molecular weight excluding hydrogens is 211 g/mol. The number of amides is 1. The zero-order valence-electron chi connectivity index (χ0n) is 7.98. The van der Waals surface area contributed by atoms with Crippen LogP contribution in [0.4, 0.5) is 13.2 Å². The molecule has 0 aliphatic carbocycles. The van der Waals surface area contributed by atoms with E-state index in [9.17, 15) is 18.0 Å². The van der Waals surface area contributed by atoms with Crippen LogP contribution >= 0.6 is 0 Å². The molecular formula is C8H10F3N3O. The van der Waals surface area contributed by atoms with Crippen molar-refractivity contribution in [1.29, 1.82) is 0 Å². The van der Waals surface area contributed by atoms with Crippen LogP contribution in [0, 0.1) is 0 Å². The Morgan fingerprint density at radius 1 is 1.60 bits per heavy atom. The molecule has 1 aromatic heterocycles. The van der Waals surface area contributed by atoms with Gasteiger partial charge in [-0.2, -0.15) is 13.2 Å². The van der Waals surface area contributed by atoms with Crippen LogP contribution in [0.2, 0.25) is 0 Å². The van der Waals surface area contributed by atoms with E-state index in [0.717, 1.165) is 6.20 Å². The third-order valence-corrected chi connectivity index (χ3v) is 1.67. The van der Waals surface area contributed by atoms with Crippen molar-refractivity contribution < 1.29 is 18.0 Å². The molecule has 0 aromatic carbocycles. The number of H-pyrrole nitrogens is 1. The zero-order valence-corrected chi connectivity index (χ0v) is 7.98. The number of rotatable bonds is 3. The number of carbonyl (C=O) groups is 1. The van der Waals surface area contributed by atoms with Gasteiger partial charge < -0.3 is 10.3 Å². The average Bonchev–Trinajstić information content (AvgIpc) is 2.51. The Bertz CT molecular complexity index is 345. The second kappa shape index (κ2) is 4.33. The number of nitrogens with zero attached hydrogens (tertiary/aromatic N) is 1. The molecule has 15 heavy (non-hydrogen) atoms. The Morgan fingerprint density at radius 2 is 2.27 bits per heavy atom. The molecule has 0 fully saturated rings. The third-order valence-electron chi connectivity index (χ3n) is 1.67. The second-order valence-electron chi connectivity index (χ2n) is 2.99. The standard InChI is InChI=1S/C8H10F3N3O/c1-5(15)12-3-2-6-4-13-7(14-6)8(9,10)11/h4H,2-3H2,1H3,(H,12,15)(H,13,14). The Hall–Kier alpha value is -1.53. The monoisotopic (exact) mass is 221 g/mol. The molecule has 1 rings (SSSR count). The number of aromatic amines is 1. The summed E-state index contributed by atoms with van der Waals surface area (Å²) in [5, 5.41) is 2.47. The van der Waals surface area contributed by atoms with Crippen molar-refractivity contribution in [3.8, 4) is 0 Å². The Balaban J connectivity index is 2.50. The second-order valence-corrected chi connectivity index (χ2v) is 2.99. The lowest BCUT2D eigenvalue weighted by atomic mass is 10.3. The predicted molar refractivity (Wildman–Crippen MR) is 46.0 cm³/mol. The summed E-state index contributed by atoms with van der Waals surface area (Å²) < 4.78 is 36.3. The van der Waals surface area contributed by atoms with E-state index < -0.39 is 12.0 Å². The fraction of sp³-hybridized carbons (Fsp3) is 0.500. The van der Waals surface area contributed by atoms with Gasteiger partial charge in [-0.1, -0.05) is 0 Å². The molecule has 1 aromatic rings. The van der Waals surface area contributed by atoms with E-state index in [-0.39, 0.29) is 12.5 Å². The minimum absolute atomic E-state index is 0.217. The molecule has 1 heterocycles. The van der Waals surface area contributed by atoms with E-state index in [1.807, 2.05) is 0 Å². The van der Waals surface area contributed by atoms with E-state index in [0.29, 0.717) is 12.1 Å². The molecule has 2 N–H and O–H groups in total. The number of carbonyl (C=O) groups excluding carboxylic acids is 1. The maximum atomic E-state index is 12.1. The van der Waals surface area contributed by atoms with Crippen LogP contribution in [0.25, 0.3) is 0 Å². The van der Waals surface area contributed by atoms with Gasteiger partial charge in [-0.15, -0.1) is 0 Å². The lowest BCUT2D eigenvalue weighted by Crippen LogP contribution is -2.22. The first kappa shape index (κ1) is 11.5. The van der Waals surface area contributed by atoms with Crippen molar-refractivity contribution >= 4 is 5.91 Å². The van der Waals surface area contributed by atoms with Crippen molar-refractivity contribution in [3.63, 3.8) is 0 Å². The quantitative estimate of drug-likeness (QED) is 0.803. The Labute approximate surface area is 83.9 Å². The van der Waals surface area contributed by atoms with Crippen molar-refractivity contribution in [2.24, 2.45) is 0 Å². The molecule has 0 radical (unpaired) electrons. The number of imidazole rings is 1. The summed E-state index contributed by atoms with van der Waals surface area (Å²) in [7, 11) is 0. The number of alkyl halides is 3. The van der Waals surface area contributed by atoms with Gasteiger partial charge in [0.25, 0.3) is 0 Å². The number of nitrogens with one attached hydrogen (secondary N) is 2. The third kappa shape index (κ3) is 3.61. The summed E-state index contributed by atoms with van der Waals surface area (Å²) in [5.41, 5.74) is 0.344. The lowest BCUT2D eigenvalue weighted by Gasteiger charge is -2.01. The van der Waals surface area contributed by atoms with Gasteiger partial charge in [0.2, 0.25) is 11.7 Å². The molecule has 0 aliphatic rings. The highest BCUT2D eigenvalue weighted by Crippen LogP contribution is 2.26. The van der Waals surface area contributed by atoms with E-state index in [1.165, 1.54) is 6.92 Å². The van der Waals surface area contributed by atoms with Crippen molar-refractivity contribution in [3.05, 3.63) is 17.7 Å². The zero-order chi connectivity index (χ0) is 11.5. The van der Waals surface area contributed by atoms with E-state index >= 15 is 0 Å². The molecule has 0 bridgehead atoms. The summed E-state index contributed by atoms with van der Waals surface area (Å²) in [6, 6.07) is 0. The van der Waals surface area contributed by atoms with Gasteiger partial charge in [-0.25, -0.2) is 4.98 Å². The fourth-order valence-electron chi connectivity index (χ4n) is 1.00. The van der Waals surface area contributed by atoms with Crippen LogP contribution in [0.1, 0.15) is 18.4 Å². The topological polar surface area (TPSA) is 57.8 Å². The fourth-order valence-corrected chi connectivity index (χ4v) is 1.00. The molecule has 0 unspecified atom stereocenters. The highest BCUT2D eigenvalue weighted by Gasteiger charge is 2.34. The van der Waals surface area contributed by atoms with Gasteiger partial charge in [0, 0.05) is 31.8 Å². The van der Waals surface area contributed by atoms with E-state index in [1.54, 1.807) is 0 Å². The SMILES string of the molecule is CC(=O)NCCc1cnc(C(F)(F)F)[nH]1. The molecule has 7 heteroatoms. The van der Waals surface area contributed by atoms with Crippen LogP contribution in [0.3, 0.4) is 0 Å². The summed E-state index contributed by atoms with van der Waals surface area (Å²) in [6.45, 7) is 1.63. The first-order chi connectivity index (χ1) is 6.89. The van der Waals surface area contributed by atoms with Crippen LogP contribution in [-0.4, -0.2) is 22.4 Å². The van der Waals surface area contributed by atoms with Crippen LogP contribution in [0.5, 0.6) is 0 Å². The summed E-state index contributed by atoms with van der Waals surface area (Å²) >= 11 is 0. The first-order valence-corrected chi connectivity index (χ1v) is 4.25. The van der Waals surface area contributed by atoms with Crippen LogP contribution < -0.4 is 5.32 Å². The number of hydrogen-bond acceptors (Lipinski definition) is 2. The minimum Gasteiger partial charge on any atom is -0.356 e. The largest absolute Gasteiger partial charge is 0.449 e. The Morgan fingerprint density at radius 3 is 2.73 bits per heavy atom. The Kier molecular flexibility index (Phi) is 3.33. The van der Waals surface area contributed by atoms with Gasteiger partial charge in [-0.05, 0) is 0 Å². The summed E-state index contributed by atoms with van der Waals surface area (Å²) in [6.07, 6.45) is -3.04. The van der Waals surface area contributed by atoms with Gasteiger partial charge >= 0.3 is 6.18 Å². The molecule has 0 saturated carbocycles. The highest BCUT2D eigenvalue weighted by molar-refractivity contribution is 5.72. The van der Waals surface area contributed by atoms with E-state index in [4.69, 9.17) is 0 Å². The van der Waals surface area contributed by atoms with Crippen molar-refractivity contribution in [1.82, 2.24) is 15.3 Å². The van der Waals surface area contributed by atoms with Crippen molar-refractivity contribution in [2.45, 2.75) is 19.5 Å². The average molecular weight is 221 g/mol. The maximum Gasteiger partial charge on any atom is 0.449 e. The molecule has 0 aliphatic heterocycles. The molecule has 0 saturated heterocycles. The lowest BCUT2D eigenvalue weighted by molar-refractivity contribution is -0.144. The molecule has 4 nitrogen and oxygen atoms in total. The highest BCUT2D eigenvalue weighted by atomic mass is 19.4. The normalized spacial score (nSPS) is 11.5. The minimum atomic E-state index is -4.45. The molecule has 0 atom stereocenters. The number of aromatic nitrogens is 2. The molecule has 1 amide bonds. The van der Waals surface area contributed by atoms with Crippen molar-refractivity contribution in [2.75, 3.05) is 6.54 Å². The molecule has 0 spiro atoms. The summed E-state index contributed by atoms with van der Waals surface area (Å²) in [4.78, 5) is 15.8. The van der Waals surface area contributed by atoms with Crippen LogP contribution in [0.15, 0.2) is 6.20 Å². The van der Waals surface area contributed by atoms with E-state index in [2.05, 4.69) is 15.3 Å². The van der Waals surface area contributed by atoms with Gasteiger partial charge in [-0.3, -0.25) is 4.79 Å². The van der Waals surface area contributed by atoms with Gasteiger partial charge in [0.1, 0.15) is 0 Å². The van der Waals surface area contributed by atoms with Gasteiger partial charge in [0.15, 0.2) is 0 Å². The number of halogens is 3. The summed E-state index contributed by atoms with van der Waals surface area (Å²) in [5.74, 6) is -1.23. The number of hydrogen-bond donors (Lipinski definition) is 2. The predicted octanol–water partition coefficient (Wildman–Crippen LogP) is 1.11.